The van der Waals surface area contributed by atoms with Crippen LogP contribution < -0.4 is 15.2 Å². The molecule has 3 heterocycles. The summed E-state index contributed by atoms with van der Waals surface area (Å²) in [6, 6.07) is 8.89. The maximum absolute atomic E-state index is 13.1. The van der Waals surface area contributed by atoms with Crippen LogP contribution in [0.2, 0.25) is 0 Å². The quantitative estimate of drug-likeness (QED) is 0.525. The number of hydrazone groups is 1. The fourth-order valence-corrected chi connectivity index (χ4v) is 4.14. The molecule has 10 nitrogen and oxygen atoms in total. The third-order valence-corrected chi connectivity index (χ3v) is 5.93. The number of hydrogen-bond donors (Lipinski definition) is 1. The number of ether oxygens (including phenoxy) is 3. The Morgan fingerprint density at radius 3 is 2.64 bits per heavy atom. The van der Waals surface area contributed by atoms with E-state index in [0.29, 0.717) is 17.9 Å². The Morgan fingerprint density at radius 1 is 1.15 bits per heavy atom. The van der Waals surface area contributed by atoms with Gasteiger partial charge in [0.15, 0.2) is 29.6 Å². The van der Waals surface area contributed by atoms with Gasteiger partial charge >= 0.3 is 5.97 Å². The predicted molar refractivity (Wildman–Crippen MR) is 121 cm³/mol. The molecule has 1 aliphatic rings. The van der Waals surface area contributed by atoms with Gasteiger partial charge in [-0.2, -0.15) is 5.10 Å². The molecule has 0 radical (unpaired) electrons. The first kappa shape index (κ1) is 22.2. The van der Waals surface area contributed by atoms with Gasteiger partial charge < -0.3 is 19.9 Å². The number of methoxy groups -OCH3 is 2. The number of nitrogens with two attached hydrogens (primary N) is 1. The summed E-state index contributed by atoms with van der Waals surface area (Å²) in [5, 5.41) is 7.83. The van der Waals surface area contributed by atoms with Crippen LogP contribution in [0.25, 0.3) is 0 Å². The molecule has 1 amide bonds. The topological polar surface area (TPSA) is 129 Å². The van der Waals surface area contributed by atoms with Crippen molar-refractivity contribution in [3.8, 4) is 11.5 Å². The van der Waals surface area contributed by atoms with Crippen LogP contribution in [0.1, 0.15) is 33.4 Å². The summed E-state index contributed by atoms with van der Waals surface area (Å²) in [6.45, 7) is -0.528. The molecule has 0 bridgehead atoms. The van der Waals surface area contributed by atoms with Gasteiger partial charge in [0, 0.05) is 18.8 Å². The van der Waals surface area contributed by atoms with Crippen LogP contribution in [0.5, 0.6) is 11.5 Å². The lowest BCUT2D eigenvalue weighted by Crippen LogP contribution is -2.31. The number of anilines is 1. The van der Waals surface area contributed by atoms with Crippen molar-refractivity contribution in [2.24, 2.45) is 5.10 Å². The number of hydrogen-bond acceptors (Lipinski definition) is 10. The molecule has 0 unspecified atom stereocenters. The Labute approximate surface area is 193 Å². The SMILES string of the molecule is COc1ccc([C@@H]2CC(c3cccs3)=NN2C(=O)COC(=O)c2nccnc2N)cc1OC. The van der Waals surface area contributed by atoms with Crippen molar-refractivity contribution in [3.05, 3.63) is 64.2 Å². The fraction of sp³-hybridized carbons (Fsp3) is 0.227. The first-order valence-corrected chi connectivity index (χ1v) is 10.8. The molecule has 2 aromatic heterocycles. The highest BCUT2D eigenvalue weighted by Crippen LogP contribution is 2.37. The number of aromatic nitrogens is 2. The van der Waals surface area contributed by atoms with Crippen LogP contribution in [0.4, 0.5) is 5.82 Å². The Balaban J connectivity index is 1.57. The fourth-order valence-electron chi connectivity index (χ4n) is 3.42. The van der Waals surface area contributed by atoms with Crippen LogP contribution in [-0.4, -0.2) is 53.4 Å². The normalized spacial score (nSPS) is 15.2. The molecule has 0 saturated carbocycles. The van der Waals surface area contributed by atoms with E-state index in [2.05, 4.69) is 15.1 Å². The Morgan fingerprint density at radius 2 is 1.94 bits per heavy atom. The molecular formula is C22H21N5O5S. The zero-order valence-electron chi connectivity index (χ0n) is 17.9. The summed E-state index contributed by atoms with van der Waals surface area (Å²) >= 11 is 1.53. The summed E-state index contributed by atoms with van der Waals surface area (Å²) in [5.74, 6) is -0.281. The number of carbonyl (C=O) groups is 2. The van der Waals surface area contributed by atoms with Crippen LogP contribution in [-0.2, 0) is 9.53 Å². The van der Waals surface area contributed by atoms with Crippen LogP contribution >= 0.6 is 11.3 Å². The second-order valence-electron chi connectivity index (χ2n) is 6.96. The molecule has 0 fully saturated rings. The van der Waals surface area contributed by atoms with Crippen molar-refractivity contribution < 1.29 is 23.8 Å². The van der Waals surface area contributed by atoms with Crippen LogP contribution in [0, 0.1) is 0 Å². The van der Waals surface area contributed by atoms with Gasteiger partial charge in [0.2, 0.25) is 0 Å². The number of rotatable bonds is 7. The molecule has 0 aliphatic carbocycles. The minimum atomic E-state index is -0.835. The van der Waals surface area contributed by atoms with Gasteiger partial charge in [-0.15, -0.1) is 11.3 Å². The van der Waals surface area contributed by atoms with Crippen molar-refractivity contribution in [2.75, 3.05) is 26.6 Å². The molecule has 1 aromatic carbocycles. The lowest BCUT2D eigenvalue weighted by atomic mass is 10.0. The van der Waals surface area contributed by atoms with E-state index in [1.54, 1.807) is 20.3 Å². The zero-order valence-corrected chi connectivity index (χ0v) is 18.7. The first-order chi connectivity index (χ1) is 16.0. The van der Waals surface area contributed by atoms with Gasteiger partial charge in [-0.25, -0.2) is 19.8 Å². The number of benzene rings is 1. The van der Waals surface area contributed by atoms with Gasteiger partial charge in [0.25, 0.3) is 5.91 Å². The van der Waals surface area contributed by atoms with Crippen molar-refractivity contribution in [2.45, 2.75) is 12.5 Å². The number of nitrogens with zero attached hydrogens (tertiary/aromatic N) is 4. The minimum absolute atomic E-state index is 0.0719. The standard InChI is InChI=1S/C22H21N5O5S/c1-30-16-6-5-13(10-17(16)31-2)15-11-14(18-4-3-9-33-18)26-27(15)19(28)12-32-22(29)20-21(23)25-8-7-24-20/h3-10,15H,11-12H2,1-2H3,(H2,23,25)/t15-/m0/s1. The lowest BCUT2D eigenvalue weighted by Gasteiger charge is -2.22. The Kier molecular flexibility index (Phi) is 6.50. The Hall–Kier alpha value is -3.99. The van der Waals surface area contributed by atoms with Crippen molar-refractivity contribution >= 4 is 34.7 Å². The predicted octanol–water partition coefficient (Wildman–Crippen LogP) is 2.67. The Bertz CT molecular complexity index is 1200. The largest absolute Gasteiger partial charge is 0.493 e. The number of thiophene rings is 1. The molecule has 0 spiro atoms. The number of nitrogen functional groups attached to an aromatic ring is 1. The monoisotopic (exact) mass is 467 g/mol. The maximum Gasteiger partial charge on any atom is 0.361 e. The third kappa shape index (κ3) is 4.62. The highest BCUT2D eigenvalue weighted by atomic mass is 32.1. The third-order valence-electron chi connectivity index (χ3n) is 5.01. The average Bonchev–Trinajstić information content (AvgIpc) is 3.52. The van der Waals surface area contributed by atoms with Crippen LogP contribution in [0.3, 0.4) is 0 Å². The summed E-state index contributed by atoms with van der Waals surface area (Å²) < 4.78 is 15.9. The molecule has 4 rings (SSSR count). The van der Waals surface area contributed by atoms with Crippen LogP contribution in [0.15, 0.2) is 53.2 Å². The molecule has 1 aliphatic heterocycles. The second-order valence-corrected chi connectivity index (χ2v) is 7.91. The van der Waals surface area contributed by atoms with Crippen molar-refractivity contribution in [1.82, 2.24) is 15.0 Å². The highest BCUT2D eigenvalue weighted by Gasteiger charge is 2.34. The van der Waals surface area contributed by atoms with E-state index in [4.69, 9.17) is 19.9 Å². The van der Waals surface area contributed by atoms with E-state index in [0.717, 1.165) is 16.2 Å². The van der Waals surface area contributed by atoms with Gasteiger partial charge in [-0.05, 0) is 29.1 Å². The van der Waals surface area contributed by atoms with Gasteiger partial charge in [0.05, 0.1) is 30.9 Å². The van der Waals surface area contributed by atoms with E-state index >= 15 is 0 Å². The molecule has 33 heavy (non-hydrogen) atoms. The first-order valence-electron chi connectivity index (χ1n) is 9.90. The number of amides is 1. The molecule has 0 saturated heterocycles. The van der Waals surface area contributed by atoms with Gasteiger partial charge in [-0.3, -0.25) is 4.79 Å². The number of esters is 1. The van der Waals surface area contributed by atoms with Gasteiger partial charge in [-0.1, -0.05) is 12.1 Å². The zero-order chi connectivity index (χ0) is 23.4. The molecule has 170 valence electrons. The van der Waals surface area contributed by atoms with Gasteiger partial charge in [0.1, 0.15) is 0 Å². The highest BCUT2D eigenvalue weighted by molar-refractivity contribution is 7.12. The molecule has 2 N–H and O–H groups in total. The van der Waals surface area contributed by atoms with E-state index in [9.17, 15) is 9.59 Å². The summed E-state index contributed by atoms with van der Waals surface area (Å²) in [6.07, 6.45) is 3.17. The smallest absolute Gasteiger partial charge is 0.361 e. The summed E-state index contributed by atoms with van der Waals surface area (Å²) in [4.78, 5) is 34.0. The van der Waals surface area contributed by atoms with E-state index < -0.39 is 24.5 Å². The second kappa shape index (κ2) is 9.65. The molecule has 3 aromatic rings. The van der Waals surface area contributed by atoms with E-state index in [-0.39, 0.29) is 11.5 Å². The van der Waals surface area contributed by atoms with Crippen molar-refractivity contribution in [3.63, 3.8) is 0 Å². The molecule has 11 heteroatoms. The van der Waals surface area contributed by atoms with E-state index in [1.165, 1.54) is 28.7 Å². The number of carbonyl (C=O) groups excluding carboxylic acids is 2. The lowest BCUT2D eigenvalue weighted by molar-refractivity contribution is -0.136. The maximum atomic E-state index is 13.1. The summed E-state index contributed by atoms with van der Waals surface area (Å²) in [7, 11) is 3.10. The molecule has 1 atom stereocenters. The summed E-state index contributed by atoms with van der Waals surface area (Å²) in [5.41, 5.74) is 7.08. The molecular weight excluding hydrogens is 446 g/mol. The van der Waals surface area contributed by atoms with E-state index in [1.807, 2.05) is 29.6 Å². The minimum Gasteiger partial charge on any atom is -0.493 e. The van der Waals surface area contributed by atoms with Crippen molar-refractivity contribution in [1.29, 1.82) is 0 Å². The average molecular weight is 468 g/mol.